The molecule has 5 rings (SSSR count). The molecule has 1 saturated heterocycles. The standard InChI is InChI=1S/C24H23Cl2N3O2S/c1-23(2)13-9-10-24(23,3)19(11-13)28-29-22-27-21(30)18(32-22)12-14-7-8-17(31-14)15-5-4-6-16(25)20(15)26/h4-8,12-13H,9-11H2,1-3H3,(H,27,29,30)/b18-12-,28-19+. The summed E-state index contributed by atoms with van der Waals surface area (Å²) in [6.45, 7) is 6.97. The van der Waals surface area contributed by atoms with Crippen molar-refractivity contribution in [2.75, 3.05) is 0 Å². The molecule has 3 fully saturated rings. The lowest BCUT2D eigenvalue weighted by atomic mass is 9.70. The number of fused-ring (bicyclic) bond motifs is 2. The van der Waals surface area contributed by atoms with Crippen molar-refractivity contribution in [3.63, 3.8) is 0 Å². The summed E-state index contributed by atoms with van der Waals surface area (Å²) >= 11 is 13.6. The third kappa shape index (κ3) is 3.44. The van der Waals surface area contributed by atoms with Crippen molar-refractivity contribution in [1.82, 2.24) is 5.32 Å². The lowest BCUT2D eigenvalue weighted by molar-refractivity contribution is -0.115. The van der Waals surface area contributed by atoms with Crippen molar-refractivity contribution in [3.05, 3.63) is 51.0 Å². The van der Waals surface area contributed by atoms with Crippen LogP contribution in [-0.2, 0) is 4.79 Å². The molecule has 2 aliphatic carbocycles. The first-order valence-corrected chi connectivity index (χ1v) is 12.2. The minimum Gasteiger partial charge on any atom is -0.457 e. The molecule has 2 saturated carbocycles. The lowest BCUT2D eigenvalue weighted by Gasteiger charge is -2.34. The van der Waals surface area contributed by atoms with Gasteiger partial charge in [0.05, 0.1) is 15.0 Å². The molecule has 1 amide bonds. The molecular weight excluding hydrogens is 465 g/mol. The molecule has 1 aromatic carbocycles. The number of nitrogens with one attached hydrogen (secondary N) is 1. The van der Waals surface area contributed by atoms with Crippen molar-refractivity contribution >= 4 is 57.8 Å². The molecule has 2 bridgehead atoms. The van der Waals surface area contributed by atoms with E-state index in [0.29, 0.717) is 43.1 Å². The number of thioether (sulfide) groups is 1. The SMILES string of the molecule is CC12CCC(C/C1=N\N=C1/NC(=O)/C(=C/c3ccc(-c4cccc(Cl)c4Cl)o3)S1)C2(C)C. The summed E-state index contributed by atoms with van der Waals surface area (Å²) in [4.78, 5) is 12.9. The van der Waals surface area contributed by atoms with E-state index in [4.69, 9.17) is 27.6 Å². The van der Waals surface area contributed by atoms with Crippen LogP contribution in [0.4, 0.5) is 0 Å². The zero-order valence-corrected chi connectivity index (χ0v) is 20.4. The highest BCUT2D eigenvalue weighted by molar-refractivity contribution is 8.18. The van der Waals surface area contributed by atoms with Crippen molar-refractivity contribution in [1.29, 1.82) is 0 Å². The maximum atomic E-state index is 12.4. The zero-order valence-electron chi connectivity index (χ0n) is 18.0. The number of hydrogen-bond donors (Lipinski definition) is 1. The quantitative estimate of drug-likeness (QED) is 0.373. The summed E-state index contributed by atoms with van der Waals surface area (Å²) in [7, 11) is 0. The fraction of sp³-hybridized carbons (Fsp3) is 0.375. The fourth-order valence-electron chi connectivity index (χ4n) is 5.06. The van der Waals surface area contributed by atoms with Gasteiger partial charge >= 0.3 is 0 Å². The molecule has 2 unspecified atom stereocenters. The van der Waals surface area contributed by atoms with Crippen LogP contribution in [-0.4, -0.2) is 16.8 Å². The van der Waals surface area contributed by atoms with Crippen LogP contribution in [0.2, 0.25) is 10.0 Å². The first kappa shape index (κ1) is 21.8. The number of carbonyl (C=O) groups excluding carboxylic acids is 1. The smallest absolute Gasteiger partial charge is 0.264 e. The van der Waals surface area contributed by atoms with Gasteiger partial charge in [-0.2, -0.15) is 5.10 Å². The van der Waals surface area contributed by atoms with Gasteiger partial charge in [-0.05, 0) is 66.6 Å². The Bertz CT molecular complexity index is 1210. The van der Waals surface area contributed by atoms with Gasteiger partial charge in [0.2, 0.25) is 0 Å². The number of halogens is 2. The third-order valence-corrected chi connectivity index (χ3v) is 9.26. The minimum absolute atomic E-state index is 0.0832. The monoisotopic (exact) mass is 487 g/mol. The molecule has 166 valence electrons. The van der Waals surface area contributed by atoms with E-state index >= 15 is 0 Å². The third-order valence-electron chi connectivity index (χ3n) is 7.54. The minimum atomic E-state index is -0.216. The normalized spacial score (nSPS) is 30.1. The second-order valence-electron chi connectivity index (χ2n) is 9.31. The van der Waals surface area contributed by atoms with Crippen LogP contribution in [0.3, 0.4) is 0 Å². The van der Waals surface area contributed by atoms with Gasteiger partial charge in [-0.1, -0.05) is 50.0 Å². The Morgan fingerprint density at radius 1 is 1.19 bits per heavy atom. The molecule has 0 radical (unpaired) electrons. The lowest BCUT2D eigenvalue weighted by Crippen LogP contribution is -2.32. The summed E-state index contributed by atoms with van der Waals surface area (Å²) in [5, 5.41) is 13.1. The van der Waals surface area contributed by atoms with E-state index in [2.05, 4.69) is 36.3 Å². The van der Waals surface area contributed by atoms with Crippen LogP contribution in [0.15, 0.2) is 49.9 Å². The molecule has 1 aromatic heterocycles. The van der Waals surface area contributed by atoms with E-state index in [1.54, 1.807) is 24.3 Å². The number of nitrogens with zero attached hydrogens (tertiary/aromatic N) is 2. The Morgan fingerprint density at radius 3 is 2.72 bits per heavy atom. The highest BCUT2D eigenvalue weighted by Crippen LogP contribution is 2.64. The maximum absolute atomic E-state index is 12.4. The van der Waals surface area contributed by atoms with Gasteiger partial charge in [0.15, 0.2) is 5.17 Å². The number of carbonyl (C=O) groups is 1. The Hall–Kier alpha value is -2.02. The Kier molecular flexibility index (Phi) is 5.31. The van der Waals surface area contributed by atoms with Crippen molar-refractivity contribution in [2.24, 2.45) is 27.0 Å². The predicted molar refractivity (Wildman–Crippen MR) is 132 cm³/mol. The van der Waals surface area contributed by atoms with Crippen LogP contribution >= 0.6 is 35.0 Å². The van der Waals surface area contributed by atoms with E-state index in [1.165, 1.54) is 18.2 Å². The number of hydrogen-bond acceptors (Lipinski definition) is 5. The Balaban J connectivity index is 1.35. The highest BCUT2D eigenvalue weighted by atomic mass is 35.5. The van der Waals surface area contributed by atoms with E-state index < -0.39 is 0 Å². The number of amides is 1. The molecule has 2 aromatic rings. The van der Waals surface area contributed by atoms with Gasteiger partial charge in [-0.15, -0.1) is 5.10 Å². The number of amidine groups is 1. The van der Waals surface area contributed by atoms with Gasteiger partial charge in [0.25, 0.3) is 5.91 Å². The largest absolute Gasteiger partial charge is 0.457 e. The number of benzene rings is 1. The Morgan fingerprint density at radius 2 is 2.00 bits per heavy atom. The van der Waals surface area contributed by atoms with E-state index in [9.17, 15) is 4.79 Å². The zero-order chi connectivity index (χ0) is 22.7. The van der Waals surface area contributed by atoms with E-state index in [-0.39, 0.29) is 16.7 Å². The maximum Gasteiger partial charge on any atom is 0.264 e. The average molecular weight is 488 g/mol. The summed E-state index contributed by atoms with van der Waals surface area (Å²) in [6.07, 6.45) is 5.09. The Labute approximate surface area is 201 Å². The fourth-order valence-corrected chi connectivity index (χ4v) is 6.21. The van der Waals surface area contributed by atoms with Crippen molar-refractivity contribution < 1.29 is 9.21 Å². The summed E-state index contributed by atoms with van der Waals surface area (Å²) < 4.78 is 5.88. The first-order valence-electron chi connectivity index (χ1n) is 10.6. The second kappa shape index (κ2) is 7.79. The molecule has 32 heavy (non-hydrogen) atoms. The second-order valence-corrected chi connectivity index (χ2v) is 11.1. The van der Waals surface area contributed by atoms with E-state index in [1.807, 2.05) is 12.1 Å². The molecule has 1 aliphatic heterocycles. The molecule has 2 atom stereocenters. The summed E-state index contributed by atoms with van der Waals surface area (Å²) in [5.41, 5.74) is 2.17. The summed E-state index contributed by atoms with van der Waals surface area (Å²) in [6, 6.07) is 8.97. The van der Waals surface area contributed by atoms with Crippen molar-refractivity contribution in [2.45, 2.75) is 40.0 Å². The van der Waals surface area contributed by atoms with Gasteiger partial charge in [-0.3, -0.25) is 10.1 Å². The van der Waals surface area contributed by atoms with Crippen LogP contribution in [0.25, 0.3) is 17.4 Å². The van der Waals surface area contributed by atoms with Crippen molar-refractivity contribution in [3.8, 4) is 11.3 Å². The molecule has 3 aliphatic rings. The van der Waals surface area contributed by atoms with Gasteiger partial charge in [0.1, 0.15) is 11.5 Å². The van der Waals surface area contributed by atoms with Crippen LogP contribution in [0.5, 0.6) is 0 Å². The molecule has 0 spiro atoms. The first-order chi connectivity index (χ1) is 15.2. The van der Waals surface area contributed by atoms with Gasteiger partial charge < -0.3 is 4.42 Å². The highest BCUT2D eigenvalue weighted by Gasteiger charge is 2.60. The number of rotatable bonds is 3. The topological polar surface area (TPSA) is 67.0 Å². The molecule has 2 heterocycles. The predicted octanol–water partition coefficient (Wildman–Crippen LogP) is 7.02. The van der Waals surface area contributed by atoms with Crippen LogP contribution in [0, 0.1) is 16.7 Å². The molecule has 8 heteroatoms. The van der Waals surface area contributed by atoms with Crippen LogP contribution < -0.4 is 5.32 Å². The number of furan rings is 1. The molecular formula is C24H23Cl2N3O2S. The molecule has 5 nitrogen and oxygen atoms in total. The molecule has 1 N–H and O–H groups in total. The van der Waals surface area contributed by atoms with Crippen LogP contribution in [0.1, 0.15) is 45.8 Å². The van der Waals surface area contributed by atoms with E-state index in [0.717, 1.165) is 18.6 Å². The van der Waals surface area contributed by atoms with Gasteiger partial charge in [-0.25, -0.2) is 0 Å². The summed E-state index contributed by atoms with van der Waals surface area (Å²) in [5.74, 6) is 1.57. The van der Waals surface area contributed by atoms with Gasteiger partial charge in [0, 0.05) is 22.8 Å². The average Bonchev–Trinajstić information content (AvgIpc) is 3.45.